The third kappa shape index (κ3) is 6.79. The summed E-state index contributed by atoms with van der Waals surface area (Å²) in [5, 5.41) is 2.97. The molecule has 1 aliphatic rings. The number of carbonyl (C=O) groups is 1. The first-order valence-electron chi connectivity index (χ1n) is 7.90. The van der Waals surface area contributed by atoms with Crippen molar-refractivity contribution in [2.45, 2.75) is 31.4 Å². The number of halogens is 1. The molecule has 0 spiro atoms. The summed E-state index contributed by atoms with van der Waals surface area (Å²) in [6.45, 7) is 2.54. The molecule has 5 heteroatoms. The smallest absolute Gasteiger partial charge is 0.220 e. The summed E-state index contributed by atoms with van der Waals surface area (Å²) in [5.74, 6) is 2.20. The van der Waals surface area contributed by atoms with Gasteiger partial charge in [-0.15, -0.1) is 0 Å². The van der Waals surface area contributed by atoms with Crippen LogP contribution in [0.4, 0.5) is 4.39 Å². The Hall–Kier alpha value is -1.07. The lowest BCUT2D eigenvalue weighted by Crippen LogP contribution is -2.25. The lowest BCUT2D eigenvalue weighted by molar-refractivity contribution is -0.120. The van der Waals surface area contributed by atoms with Crippen molar-refractivity contribution in [3.8, 4) is 0 Å². The van der Waals surface area contributed by atoms with Gasteiger partial charge in [0.2, 0.25) is 5.91 Å². The molecule has 1 aromatic rings. The average Bonchev–Trinajstić information content (AvgIpc) is 3.03. The predicted molar refractivity (Wildman–Crippen MR) is 88.3 cm³/mol. The summed E-state index contributed by atoms with van der Waals surface area (Å²) < 4.78 is 18.1. The molecule has 1 saturated heterocycles. The first kappa shape index (κ1) is 17.3. The van der Waals surface area contributed by atoms with Crippen LogP contribution in [-0.4, -0.2) is 31.4 Å². The molecule has 0 aromatic heterocycles. The maximum atomic E-state index is 12.8. The predicted octanol–water partition coefficient (Wildman–Crippen LogP) is 3.38. The summed E-state index contributed by atoms with van der Waals surface area (Å²) in [4.78, 5) is 11.7. The molecule has 3 nitrogen and oxygen atoms in total. The molecular formula is C17H24FNO2S. The minimum absolute atomic E-state index is 0.120. The van der Waals surface area contributed by atoms with Crippen LogP contribution < -0.4 is 5.32 Å². The van der Waals surface area contributed by atoms with Crippen LogP contribution in [0, 0.1) is 11.7 Å². The highest BCUT2D eigenvalue weighted by Gasteiger charge is 2.14. The topological polar surface area (TPSA) is 38.3 Å². The van der Waals surface area contributed by atoms with E-state index in [1.54, 1.807) is 23.9 Å². The molecule has 2 rings (SSSR count). The molecule has 1 atom stereocenters. The molecule has 1 aliphatic heterocycles. The SMILES string of the molecule is O=C(CCSCc1ccc(F)cc1)NCCC[C@@H]1CCOC1. The molecule has 1 aromatic carbocycles. The molecule has 22 heavy (non-hydrogen) atoms. The normalized spacial score (nSPS) is 17.6. The van der Waals surface area contributed by atoms with E-state index in [9.17, 15) is 9.18 Å². The minimum Gasteiger partial charge on any atom is -0.381 e. The quantitative estimate of drug-likeness (QED) is 0.707. The molecule has 0 unspecified atom stereocenters. The van der Waals surface area contributed by atoms with E-state index in [1.165, 1.54) is 12.1 Å². The van der Waals surface area contributed by atoms with E-state index in [2.05, 4.69) is 5.32 Å². The average molecular weight is 325 g/mol. The highest BCUT2D eigenvalue weighted by Crippen LogP contribution is 2.17. The van der Waals surface area contributed by atoms with Crippen molar-refractivity contribution in [2.75, 3.05) is 25.5 Å². The maximum Gasteiger partial charge on any atom is 0.220 e. The van der Waals surface area contributed by atoms with E-state index < -0.39 is 0 Å². The van der Waals surface area contributed by atoms with Crippen LogP contribution in [0.15, 0.2) is 24.3 Å². The summed E-state index contributed by atoms with van der Waals surface area (Å²) in [6, 6.07) is 6.51. The summed E-state index contributed by atoms with van der Waals surface area (Å²) >= 11 is 1.70. The van der Waals surface area contributed by atoms with E-state index in [0.717, 1.165) is 56.1 Å². The zero-order chi connectivity index (χ0) is 15.6. The zero-order valence-corrected chi connectivity index (χ0v) is 13.7. The van der Waals surface area contributed by atoms with Gasteiger partial charge in [0.15, 0.2) is 0 Å². The van der Waals surface area contributed by atoms with Gasteiger partial charge >= 0.3 is 0 Å². The highest BCUT2D eigenvalue weighted by molar-refractivity contribution is 7.98. The molecule has 0 radical (unpaired) electrons. The number of carbonyl (C=O) groups excluding carboxylic acids is 1. The van der Waals surface area contributed by atoms with E-state index >= 15 is 0 Å². The van der Waals surface area contributed by atoms with Crippen molar-refractivity contribution in [3.63, 3.8) is 0 Å². The maximum absolute atomic E-state index is 12.8. The lowest BCUT2D eigenvalue weighted by atomic mass is 10.0. The van der Waals surface area contributed by atoms with E-state index in [-0.39, 0.29) is 11.7 Å². The Kier molecular flexibility index (Phi) is 7.74. The second-order valence-corrected chi connectivity index (χ2v) is 6.76. The number of rotatable bonds is 9. The third-order valence-corrected chi connectivity index (χ3v) is 4.82. The van der Waals surface area contributed by atoms with Gasteiger partial charge in [0, 0.05) is 37.7 Å². The number of ether oxygens (including phenoxy) is 1. The molecule has 0 aliphatic carbocycles. The van der Waals surface area contributed by atoms with Crippen LogP contribution in [0.1, 0.15) is 31.2 Å². The Morgan fingerprint density at radius 1 is 1.36 bits per heavy atom. The first-order valence-corrected chi connectivity index (χ1v) is 9.06. The number of nitrogens with one attached hydrogen (secondary N) is 1. The molecule has 1 N–H and O–H groups in total. The van der Waals surface area contributed by atoms with E-state index in [1.807, 2.05) is 0 Å². The van der Waals surface area contributed by atoms with Crippen molar-refractivity contribution in [1.29, 1.82) is 0 Å². The molecule has 122 valence electrons. The molecule has 1 fully saturated rings. The molecule has 1 heterocycles. The van der Waals surface area contributed by atoms with Gasteiger partial charge in [0.1, 0.15) is 5.82 Å². The third-order valence-electron chi connectivity index (χ3n) is 3.79. The second-order valence-electron chi connectivity index (χ2n) is 5.65. The number of hydrogen-bond acceptors (Lipinski definition) is 3. The van der Waals surface area contributed by atoms with Crippen molar-refractivity contribution in [3.05, 3.63) is 35.6 Å². The lowest BCUT2D eigenvalue weighted by Gasteiger charge is -2.08. The van der Waals surface area contributed by atoms with Crippen LogP contribution in [0.3, 0.4) is 0 Å². The van der Waals surface area contributed by atoms with Crippen LogP contribution in [0.5, 0.6) is 0 Å². The fraction of sp³-hybridized carbons (Fsp3) is 0.588. The van der Waals surface area contributed by atoms with Gasteiger partial charge < -0.3 is 10.1 Å². The van der Waals surface area contributed by atoms with E-state index in [0.29, 0.717) is 12.3 Å². The zero-order valence-electron chi connectivity index (χ0n) is 12.9. The Bertz CT molecular complexity index is 446. The Morgan fingerprint density at radius 3 is 2.91 bits per heavy atom. The monoisotopic (exact) mass is 325 g/mol. The molecule has 0 bridgehead atoms. The van der Waals surface area contributed by atoms with Crippen molar-refractivity contribution >= 4 is 17.7 Å². The first-order chi connectivity index (χ1) is 10.7. The number of benzene rings is 1. The Labute approximate surface area is 136 Å². The number of amides is 1. The molecule has 1 amide bonds. The van der Waals surface area contributed by atoms with E-state index in [4.69, 9.17) is 4.74 Å². The summed E-state index contributed by atoms with van der Waals surface area (Å²) in [7, 11) is 0. The standard InChI is InChI=1S/C17H24FNO2S/c18-16-5-3-15(4-6-16)13-22-11-8-17(20)19-9-1-2-14-7-10-21-12-14/h3-6,14H,1-2,7-13H2,(H,19,20)/t14-/m1/s1. The van der Waals surface area contributed by atoms with Crippen molar-refractivity contribution in [1.82, 2.24) is 5.32 Å². The largest absolute Gasteiger partial charge is 0.381 e. The van der Waals surface area contributed by atoms with Crippen LogP contribution in [0.2, 0.25) is 0 Å². The summed E-state index contributed by atoms with van der Waals surface area (Å²) in [6.07, 6.45) is 3.87. The van der Waals surface area contributed by atoms with Crippen molar-refractivity contribution < 1.29 is 13.9 Å². The highest BCUT2D eigenvalue weighted by atomic mass is 32.2. The van der Waals surface area contributed by atoms with Crippen LogP contribution >= 0.6 is 11.8 Å². The van der Waals surface area contributed by atoms with Crippen molar-refractivity contribution in [2.24, 2.45) is 5.92 Å². The van der Waals surface area contributed by atoms with Crippen LogP contribution in [0.25, 0.3) is 0 Å². The van der Waals surface area contributed by atoms with Gasteiger partial charge in [0.05, 0.1) is 0 Å². The van der Waals surface area contributed by atoms with Gasteiger partial charge in [-0.3, -0.25) is 4.79 Å². The fourth-order valence-corrected chi connectivity index (χ4v) is 3.36. The van der Waals surface area contributed by atoms with Gasteiger partial charge in [-0.05, 0) is 42.9 Å². The summed E-state index contributed by atoms with van der Waals surface area (Å²) in [5.41, 5.74) is 1.09. The number of hydrogen-bond donors (Lipinski definition) is 1. The Balaban J connectivity index is 1.46. The van der Waals surface area contributed by atoms with Gasteiger partial charge in [0.25, 0.3) is 0 Å². The minimum atomic E-state index is -0.211. The van der Waals surface area contributed by atoms with Gasteiger partial charge in [-0.2, -0.15) is 11.8 Å². The second kappa shape index (κ2) is 9.85. The van der Waals surface area contributed by atoms with Gasteiger partial charge in [-0.1, -0.05) is 12.1 Å². The molecular weight excluding hydrogens is 301 g/mol. The molecule has 0 saturated carbocycles. The Morgan fingerprint density at radius 2 is 2.18 bits per heavy atom. The van der Waals surface area contributed by atoms with Crippen LogP contribution in [-0.2, 0) is 15.3 Å². The number of thioether (sulfide) groups is 1. The van der Waals surface area contributed by atoms with Gasteiger partial charge in [-0.25, -0.2) is 4.39 Å². The fourth-order valence-electron chi connectivity index (χ4n) is 2.45.